The molecule has 0 fully saturated rings. The fourth-order valence-corrected chi connectivity index (χ4v) is 3.03. The van der Waals surface area contributed by atoms with Gasteiger partial charge in [0.2, 0.25) is 0 Å². The van der Waals surface area contributed by atoms with E-state index in [-0.39, 0.29) is 6.04 Å². The van der Waals surface area contributed by atoms with Crippen LogP contribution in [0.1, 0.15) is 42.1 Å². The minimum absolute atomic E-state index is 0.325. The van der Waals surface area contributed by atoms with Crippen molar-refractivity contribution in [3.63, 3.8) is 0 Å². The highest BCUT2D eigenvalue weighted by molar-refractivity contribution is 7.09. The number of benzene rings is 1. The van der Waals surface area contributed by atoms with E-state index < -0.39 is 0 Å². The highest BCUT2D eigenvalue weighted by atomic mass is 35.5. The highest BCUT2D eigenvalue weighted by Gasteiger charge is 2.18. The Balaban J connectivity index is 2.35. The lowest BCUT2D eigenvalue weighted by atomic mass is 10.1. The van der Waals surface area contributed by atoms with Crippen LogP contribution in [0.25, 0.3) is 0 Å². The molecule has 18 heavy (non-hydrogen) atoms. The fourth-order valence-electron chi connectivity index (χ4n) is 1.60. The molecule has 0 saturated heterocycles. The molecule has 1 unspecified atom stereocenters. The molecule has 0 bridgehead atoms. The third-order valence-corrected chi connectivity index (χ3v) is 4.49. The van der Waals surface area contributed by atoms with E-state index in [1.807, 2.05) is 17.5 Å². The van der Waals surface area contributed by atoms with E-state index in [4.69, 9.17) is 28.9 Å². The van der Waals surface area contributed by atoms with Gasteiger partial charge in [-0.2, -0.15) is 0 Å². The van der Waals surface area contributed by atoms with Gasteiger partial charge in [0.25, 0.3) is 0 Å². The molecule has 1 heterocycles. The lowest BCUT2D eigenvalue weighted by Crippen LogP contribution is -2.12. The molecule has 0 aliphatic rings. The summed E-state index contributed by atoms with van der Waals surface area (Å²) < 4.78 is 0. The van der Waals surface area contributed by atoms with Crippen molar-refractivity contribution < 1.29 is 0 Å². The van der Waals surface area contributed by atoms with Crippen molar-refractivity contribution in [3.8, 4) is 0 Å². The summed E-state index contributed by atoms with van der Waals surface area (Å²) in [4.78, 5) is 4.55. The van der Waals surface area contributed by atoms with Crippen LogP contribution in [0.5, 0.6) is 0 Å². The Morgan fingerprint density at radius 1 is 1.28 bits per heavy atom. The third kappa shape index (κ3) is 2.69. The second kappa shape index (κ2) is 5.57. The van der Waals surface area contributed by atoms with Gasteiger partial charge in [-0.3, -0.25) is 0 Å². The second-order valence-electron chi connectivity index (χ2n) is 4.39. The summed E-state index contributed by atoms with van der Waals surface area (Å²) in [6, 6.07) is 5.16. The van der Waals surface area contributed by atoms with Crippen LogP contribution in [0.3, 0.4) is 0 Å². The summed E-state index contributed by atoms with van der Waals surface area (Å²) >= 11 is 13.7. The van der Waals surface area contributed by atoms with E-state index >= 15 is 0 Å². The standard InChI is InChI=1S/C13H14Cl2N2S/c1-7(2)10-6-18-13(17-10)12(16)8-4-3-5-9(14)11(8)15/h3-7,12H,16H2,1-2H3. The minimum atomic E-state index is -0.325. The van der Waals surface area contributed by atoms with Crippen LogP contribution >= 0.6 is 34.5 Å². The number of hydrogen-bond donors (Lipinski definition) is 1. The first kappa shape index (κ1) is 13.8. The van der Waals surface area contributed by atoms with Gasteiger partial charge in [0, 0.05) is 5.38 Å². The van der Waals surface area contributed by atoms with Crippen LogP contribution in [-0.4, -0.2) is 4.98 Å². The SMILES string of the molecule is CC(C)c1csc(C(N)c2cccc(Cl)c2Cl)n1. The Bertz CT molecular complexity index is 552. The molecule has 1 aromatic heterocycles. The Labute approximate surface area is 121 Å². The zero-order chi connectivity index (χ0) is 13.3. The minimum Gasteiger partial charge on any atom is -0.318 e. The first-order valence-electron chi connectivity index (χ1n) is 5.65. The molecule has 0 aliphatic carbocycles. The maximum atomic E-state index is 6.20. The fraction of sp³-hybridized carbons (Fsp3) is 0.308. The molecular weight excluding hydrogens is 287 g/mol. The number of rotatable bonds is 3. The molecule has 96 valence electrons. The molecule has 2 rings (SSSR count). The molecule has 0 saturated carbocycles. The van der Waals surface area contributed by atoms with Crippen molar-refractivity contribution in [1.29, 1.82) is 0 Å². The molecule has 2 aromatic rings. The number of thiazole rings is 1. The van der Waals surface area contributed by atoms with Crippen LogP contribution in [0.2, 0.25) is 10.0 Å². The number of nitrogens with two attached hydrogens (primary N) is 1. The average molecular weight is 301 g/mol. The van der Waals surface area contributed by atoms with Crippen LogP contribution in [0.4, 0.5) is 0 Å². The van der Waals surface area contributed by atoms with Crippen molar-refractivity contribution in [1.82, 2.24) is 4.98 Å². The first-order valence-corrected chi connectivity index (χ1v) is 7.29. The van der Waals surface area contributed by atoms with Gasteiger partial charge in [-0.25, -0.2) is 4.98 Å². The van der Waals surface area contributed by atoms with Crippen LogP contribution in [0.15, 0.2) is 23.6 Å². The molecule has 0 radical (unpaired) electrons. The molecule has 1 atom stereocenters. The molecule has 2 nitrogen and oxygen atoms in total. The van der Waals surface area contributed by atoms with Crippen LogP contribution < -0.4 is 5.73 Å². The molecule has 5 heteroatoms. The van der Waals surface area contributed by atoms with E-state index in [1.54, 1.807) is 17.4 Å². The smallest absolute Gasteiger partial charge is 0.114 e. The number of hydrogen-bond acceptors (Lipinski definition) is 3. The number of nitrogens with zero attached hydrogens (tertiary/aromatic N) is 1. The topological polar surface area (TPSA) is 38.9 Å². The quantitative estimate of drug-likeness (QED) is 0.898. The van der Waals surface area contributed by atoms with E-state index in [0.717, 1.165) is 16.3 Å². The van der Waals surface area contributed by atoms with E-state index in [2.05, 4.69) is 18.8 Å². The predicted molar refractivity (Wildman–Crippen MR) is 78.7 cm³/mol. The average Bonchev–Trinajstić information content (AvgIpc) is 2.81. The zero-order valence-electron chi connectivity index (χ0n) is 10.2. The van der Waals surface area contributed by atoms with Gasteiger partial charge in [-0.1, -0.05) is 49.2 Å². The first-order chi connectivity index (χ1) is 8.50. The Kier molecular flexibility index (Phi) is 4.28. The monoisotopic (exact) mass is 300 g/mol. The molecule has 0 amide bonds. The van der Waals surface area contributed by atoms with Gasteiger partial charge in [0.05, 0.1) is 21.8 Å². The summed E-state index contributed by atoms with van der Waals surface area (Å²) in [7, 11) is 0. The molecule has 1 aromatic carbocycles. The lowest BCUT2D eigenvalue weighted by Gasteiger charge is -2.11. The largest absolute Gasteiger partial charge is 0.318 e. The van der Waals surface area contributed by atoms with Gasteiger partial charge >= 0.3 is 0 Å². The lowest BCUT2D eigenvalue weighted by molar-refractivity contribution is 0.795. The van der Waals surface area contributed by atoms with Crippen LogP contribution in [0, 0.1) is 0 Å². The maximum Gasteiger partial charge on any atom is 0.114 e. The van der Waals surface area contributed by atoms with Crippen LogP contribution in [-0.2, 0) is 0 Å². The normalized spacial score (nSPS) is 13.0. The van der Waals surface area contributed by atoms with Crippen molar-refractivity contribution in [2.75, 3.05) is 0 Å². The highest BCUT2D eigenvalue weighted by Crippen LogP contribution is 2.33. The van der Waals surface area contributed by atoms with Gasteiger partial charge in [-0.05, 0) is 17.5 Å². The molecule has 0 spiro atoms. The maximum absolute atomic E-state index is 6.20. The molecular formula is C13H14Cl2N2S. The molecule has 0 aliphatic heterocycles. The van der Waals surface area contributed by atoms with Gasteiger partial charge < -0.3 is 5.73 Å². The predicted octanol–water partition coefficient (Wildman–Crippen LogP) is 4.62. The van der Waals surface area contributed by atoms with E-state index in [0.29, 0.717) is 16.0 Å². The Morgan fingerprint density at radius 3 is 2.61 bits per heavy atom. The summed E-state index contributed by atoms with van der Waals surface area (Å²) in [5, 5.41) is 3.93. The van der Waals surface area contributed by atoms with E-state index in [1.165, 1.54) is 0 Å². The summed E-state index contributed by atoms with van der Waals surface area (Å²) in [6.07, 6.45) is 0. The second-order valence-corrected chi connectivity index (χ2v) is 6.06. The third-order valence-electron chi connectivity index (χ3n) is 2.71. The Hall–Kier alpha value is -0.610. The van der Waals surface area contributed by atoms with Gasteiger partial charge in [0.1, 0.15) is 5.01 Å². The van der Waals surface area contributed by atoms with Crippen molar-refractivity contribution in [3.05, 3.63) is 49.9 Å². The molecule has 2 N–H and O–H groups in total. The summed E-state index contributed by atoms with van der Waals surface area (Å²) in [5.74, 6) is 0.400. The zero-order valence-corrected chi connectivity index (χ0v) is 12.5. The Morgan fingerprint density at radius 2 is 2.00 bits per heavy atom. The summed E-state index contributed by atoms with van der Waals surface area (Å²) in [5.41, 5.74) is 8.08. The number of halogens is 2. The van der Waals surface area contributed by atoms with E-state index in [9.17, 15) is 0 Å². The van der Waals surface area contributed by atoms with Gasteiger partial charge in [0.15, 0.2) is 0 Å². The van der Waals surface area contributed by atoms with Crippen molar-refractivity contribution in [2.24, 2.45) is 5.73 Å². The van der Waals surface area contributed by atoms with Crippen molar-refractivity contribution >= 4 is 34.5 Å². The number of aromatic nitrogens is 1. The van der Waals surface area contributed by atoms with Gasteiger partial charge in [-0.15, -0.1) is 11.3 Å². The summed E-state index contributed by atoms with van der Waals surface area (Å²) in [6.45, 7) is 4.22. The van der Waals surface area contributed by atoms with Crippen molar-refractivity contribution in [2.45, 2.75) is 25.8 Å².